The van der Waals surface area contributed by atoms with Gasteiger partial charge in [-0.3, -0.25) is 9.78 Å². The van der Waals surface area contributed by atoms with Gasteiger partial charge >= 0.3 is 0 Å². The van der Waals surface area contributed by atoms with Gasteiger partial charge in [-0.15, -0.1) is 11.3 Å². The van der Waals surface area contributed by atoms with Crippen LogP contribution in [-0.4, -0.2) is 29.5 Å². The van der Waals surface area contributed by atoms with Crippen molar-refractivity contribution < 1.29 is 9.53 Å². The molecule has 6 heteroatoms. The molecule has 140 valence electrons. The molecule has 0 unspecified atom stereocenters. The van der Waals surface area contributed by atoms with Gasteiger partial charge in [0.1, 0.15) is 5.75 Å². The number of aryl methyl sites for hydroxylation is 2. The van der Waals surface area contributed by atoms with Gasteiger partial charge in [-0.05, 0) is 48.7 Å². The Morgan fingerprint density at radius 3 is 2.78 bits per heavy atom. The van der Waals surface area contributed by atoms with Gasteiger partial charge in [0.2, 0.25) is 5.91 Å². The first kappa shape index (κ1) is 19.0. The number of carbonyl (C=O) groups excluding carboxylic acids is 1. The molecule has 0 bridgehead atoms. The van der Waals surface area contributed by atoms with E-state index in [1.807, 2.05) is 41.9 Å². The van der Waals surface area contributed by atoms with Crippen LogP contribution in [0.3, 0.4) is 0 Å². The largest absolute Gasteiger partial charge is 0.497 e. The minimum Gasteiger partial charge on any atom is -0.497 e. The zero-order valence-corrected chi connectivity index (χ0v) is 16.2. The van der Waals surface area contributed by atoms with Gasteiger partial charge in [-0.1, -0.05) is 6.07 Å². The zero-order valence-electron chi connectivity index (χ0n) is 15.4. The monoisotopic (exact) mass is 381 g/mol. The third-order valence-corrected chi connectivity index (χ3v) is 5.10. The maximum atomic E-state index is 12.0. The average molecular weight is 382 g/mol. The summed E-state index contributed by atoms with van der Waals surface area (Å²) in [6.07, 6.45) is 6.59. The molecule has 0 aliphatic rings. The first-order valence-electron chi connectivity index (χ1n) is 8.99. The van der Waals surface area contributed by atoms with Crippen molar-refractivity contribution in [2.75, 3.05) is 13.7 Å². The molecular weight excluding hydrogens is 358 g/mol. The first-order chi connectivity index (χ1) is 13.2. The second kappa shape index (κ2) is 9.83. The van der Waals surface area contributed by atoms with Gasteiger partial charge in [0.25, 0.3) is 0 Å². The number of rotatable bonds is 9. The normalized spacial score (nSPS) is 10.6. The number of nitrogens with one attached hydrogen (secondary N) is 1. The summed E-state index contributed by atoms with van der Waals surface area (Å²) in [7, 11) is 1.65. The standard InChI is InChI=1S/C21H23N3O2S/c1-26-18-8-6-17(7-9-18)19-15-27-21(24-19)11-10-20(25)23-13-3-5-16-4-2-12-22-14-16/h2,4,6-9,12,14-15H,3,5,10-11,13H2,1H3,(H,23,25). The van der Waals surface area contributed by atoms with Gasteiger partial charge in [0.05, 0.1) is 17.8 Å². The molecule has 2 aromatic heterocycles. The van der Waals surface area contributed by atoms with E-state index in [1.165, 1.54) is 5.56 Å². The molecule has 3 rings (SSSR count). The number of ether oxygens (including phenoxy) is 1. The van der Waals surface area contributed by atoms with Crippen LogP contribution in [0.4, 0.5) is 0 Å². The predicted molar refractivity (Wildman–Crippen MR) is 108 cm³/mol. The Morgan fingerprint density at radius 1 is 1.19 bits per heavy atom. The number of thiazole rings is 1. The summed E-state index contributed by atoms with van der Waals surface area (Å²) in [6.45, 7) is 0.683. The summed E-state index contributed by atoms with van der Waals surface area (Å²) in [5.41, 5.74) is 3.19. The van der Waals surface area contributed by atoms with Gasteiger partial charge in [0.15, 0.2) is 0 Å². The Hall–Kier alpha value is -2.73. The highest BCUT2D eigenvalue weighted by Gasteiger charge is 2.08. The molecule has 1 amide bonds. The number of methoxy groups -OCH3 is 1. The quantitative estimate of drug-likeness (QED) is 0.571. The SMILES string of the molecule is COc1ccc(-c2csc(CCC(=O)NCCCc3cccnc3)n2)cc1. The highest BCUT2D eigenvalue weighted by molar-refractivity contribution is 7.09. The fourth-order valence-electron chi connectivity index (χ4n) is 2.70. The molecule has 1 aromatic carbocycles. The fraction of sp³-hybridized carbons (Fsp3) is 0.286. The first-order valence-corrected chi connectivity index (χ1v) is 9.87. The van der Waals surface area contributed by atoms with Gasteiger partial charge in [0, 0.05) is 42.7 Å². The van der Waals surface area contributed by atoms with Crippen LogP contribution in [0, 0.1) is 0 Å². The van der Waals surface area contributed by atoms with E-state index in [9.17, 15) is 4.79 Å². The molecule has 0 spiro atoms. The number of hydrogen-bond acceptors (Lipinski definition) is 5. The Bertz CT molecular complexity index is 847. The third-order valence-electron chi connectivity index (χ3n) is 4.19. The topological polar surface area (TPSA) is 64.1 Å². The van der Waals surface area contributed by atoms with Crippen molar-refractivity contribution in [3.05, 3.63) is 64.7 Å². The number of aromatic nitrogens is 2. The van der Waals surface area contributed by atoms with Gasteiger partial charge in [-0.2, -0.15) is 0 Å². The minimum absolute atomic E-state index is 0.0717. The van der Waals surface area contributed by atoms with Crippen LogP contribution < -0.4 is 10.1 Å². The molecule has 0 radical (unpaired) electrons. The predicted octanol–water partition coefficient (Wildman–Crippen LogP) is 3.90. The third kappa shape index (κ3) is 5.89. The smallest absolute Gasteiger partial charge is 0.220 e. The summed E-state index contributed by atoms with van der Waals surface area (Å²) in [6, 6.07) is 11.8. The molecule has 5 nitrogen and oxygen atoms in total. The number of pyridine rings is 1. The molecule has 0 fully saturated rings. The lowest BCUT2D eigenvalue weighted by atomic mass is 10.1. The van der Waals surface area contributed by atoms with E-state index in [4.69, 9.17) is 4.74 Å². The van der Waals surface area contributed by atoms with E-state index in [2.05, 4.69) is 21.4 Å². The maximum Gasteiger partial charge on any atom is 0.220 e. The number of benzene rings is 1. The molecule has 27 heavy (non-hydrogen) atoms. The number of carbonyl (C=O) groups is 1. The summed E-state index contributed by atoms with van der Waals surface area (Å²) < 4.78 is 5.18. The lowest BCUT2D eigenvalue weighted by Gasteiger charge is -2.04. The van der Waals surface area contributed by atoms with Crippen LogP contribution in [0.2, 0.25) is 0 Å². The average Bonchev–Trinajstić information content (AvgIpc) is 3.19. The molecule has 0 saturated heterocycles. The van der Waals surface area contributed by atoms with Crippen LogP contribution >= 0.6 is 11.3 Å². The number of nitrogens with zero attached hydrogens (tertiary/aromatic N) is 2. The van der Waals surface area contributed by atoms with Gasteiger partial charge in [-0.25, -0.2) is 4.98 Å². The van der Waals surface area contributed by atoms with E-state index < -0.39 is 0 Å². The van der Waals surface area contributed by atoms with Crippen molar-refractivity contribution >= 4 is 17.2 Å². The van der Waals surface area contributed by atoms with Gasteiger partial charge < -0.3 is 10.1 Å². The molecule has 0 saturated carbocycles. The van der Waals surface area contributed by atoms with Crippen molar-refractivity contribution in [1.82, 2.24) is 15.3 Å². The summed E-state index contributed by atoms with van der Waals surface area (Å²) in [4.78, 5) is 20.7. The molecular formula is C21H23N3O2S. The Labute approximate surface area is 163 Å². The molecule has 0 aliphatic carbocycles. The number of amides is 1. The minimum atomic E-state index is 0.0717. The second-order valence-electron chi connectivity index (χ2n) is 6.17. The summed E-state index contributed by atoms with van der Waals surface area (Å²) in [5, 5.41) is 5.99. The van der Waals surface area contributed by atoms with E-state index in [0.29, 0.717) is 19.4 Å². The van der Waals surface area contributed by atoms with Crippen molar-refractivity contribution in [2.45, 2.75) is 25.7 Å². The molecule has 0 aliphatic heterocycles. The van der Waals surface area contributed by atoms with Crippen LogP contribution in [0.25, 0.3) is 11.3 Å². The Kier molecular flexibility index (Phi) is 6.93. The maximum absolute atomic E-state index is 12.0. The molecule has 2 heterocycles. The summed E-state index contributed by atoms with van der Waals surface area (Å²) >= 11 is 1.59. The Morgan fingerprint density at radius 2 is 2.04 bits per heavy atom. The summed E-state index contributed by atoms with van der Waals surface area (Å²) in [5.74, 6) is 0.900. The van der Waals surface area contributed by atoms with Crippen LogP contribution in [0.1, 0.15) is 23.4 Å². The highest BCUT2D eigenvalue weighted by Crippen LogP contribution is 2.24. The van der Waals surface area contributed by atoms with Crippen LogP contribution in [0.15, 0.2) is 54.2 Å². The van der Waals surface area contributed by atoms with Crippen molar-refractivity contribution in [1.29, 1.82) is 0 Å². The van der Waals surface area contributed by atoms with Crippen molar-refractivity contribution in [3.8, 4) is 17.0 Å². The van der Waals surface area contributed by atoms with Crippen LogP contribution in [-0.2, 0) is 17.6 Å². The van der Waals surface area contributed by atoms with E-state index >= 15 is 0 Å². The van der Waals surface area contributed by atoms with E-state index in [-0.39, 0.29) is 5.91 Å². The van der Waals surface area contributed by atoms with E-state index in [0.717, 1.165) is 34.9 Å². The lowest BCUT2D eigenvalue weighted by molar-refractivity contribution is -0.121. The molecule has 0 atom stereocenters. The van der Waals surface area contributed by atoms with E-state index in [1.54, 1.807) is 24.6 Å². The highest BCUT2D eigenvalue weighted by atomic mass is 32.1. The van der Waals surface area contributed by atoms with Crippen LogP contribution in [0.5, 0.6) is 5.75 Å². The second-order valence-corrected chi connectivity index (χ2v) is 7.11. The lowest BCUT2D eigenvalue weighted by Crippen LogP contribution is -2.24. The zero-order chi connectivity index (χ0) is 18.9. The fourth-order valence-corrected chi connectivity index (χ4v) is 3.50. The van der Waals surface area contributed by atoms with Crippen molar-refractivity contribution in [2.24, 2.45) is 0 Å². The number of hydrogen-bond donors (Lipinski definition) is 1. The molecule has 1 N–H and O–H groups in total. The molecule has 3 aromatic rings. The van der Waals surface area contributed by atoms with Crippen molar-refractivity contribution in [3.63, 3.8) is 0 Å². The Balaban J connectivity index is 1.39.